The van der Waals surface area contributed by atoms with Crippen molar-refractivity contribution in [2.45, 2.75) is 6.92 Å². The number of carbonyl (C=O) groups excluding carboxylic acids is 1. The average Bonchev–Trinajstić information content (AvgIpc) is 2.85. The summed E-state index contributed by atoms with van der Waals surface area (Å²) >= 11 is 1.37. The van der Waals surface area contributed by atoms with Gasteiger partial charge in [0, 0.05) is 5.56 Å². The van der Waals surface area contributed by atoms with E-state index in [-0.39, 0.29) is 11.7 Å². The molecule has 2 aromatic rings. The van der Waals surface area contributed by atoms with E-state index in [2.05, 4.69) is 10.5 Å². The first-order valence-corrected chi connectivity index (χ1v) is 6.44. The van der Waals surface area contributed by atoms with Crippen LogP contribution in [0.25, 0.3) is 0 Å². The van der Waals surface area contributed by atoms with Gasteiger partial charge < -0.3 is 16.3 Å². The Morgan fingerprint density at radius 1 is 1.37 bits per heavy atom. The number of aryl methyl sites for hydroxylation is 1. The van der Waals surface area contributed by atoms with Crippen LogP contribution >= 0.6 is 11.3 Å². The van der Waals surface area contributed by atoms with Gasteiger partial charge in [-0.3, -0.25) is 4.79 Å². The predicted octanol–water partition coefficient (Wildman–Crippen LogP) is 2.40. The van der Waals surface area contributed by atoms with Gasteiger partial charge in [0.1, 0.15) is 0 Å². The van der Waals surface area contributed by atoms with E-state index in [1.807, 2.05) is 18.4 Å². The minimum atomic E-state index is -0.203. The van der Waals surface area contributed by atoms with Crippen LogP contribution in [0.4, 0.5) is 5.69 Å². The lowest BCUT2D eigenvalue weighted by atomic mass is 10.1. The summed E-state index contributed by atoms with van der Waals surface area (Å²) in [5.41, 5.74) is 7.48. The molecule has 98 valence electrons. The maximum absolute atomic E-state index is 12.1. The van der Waals surface area contributed by atoms with E-state index in [1.54, 1.807) is 24.3 Å². The summed E-state index contributed by atoms with van der Waals surface area (Å²) in [5, 5.41) is 16.3. The Morgan fingerprint density at radius 2 is 2.11 bits per heavy atom. The zero-order valence-corrected chi connectivity index (χ0v) is 11.1. The van der Waals surface area contributed by atoms with E-state index >= 15 is 0 Å². The number of nitrogens with zero attached hydrogens (tertiary/aromatic N) is 1. The number of amidine groups is 1. The van der Waals surface area contributed by atoms with Crippen molar-refractivity contribution in [3.05, 3.63) is 51.7 Å². The molecule has 19 heavy (non-hydrogen) atoms. The number of oxime groups is 1. The molecule has 1 heterocycles. The van der Waals surface area contributed by atoms with Crippen LogP contribution in [-0.4, -0.2) is 17.0 Å². The van der Waals surface area contributed by atoms with E-state index in [9.17, 15) is 4.79 Å². The van der Waals surface area contributed by atoms with Crippen molar-refractivity contribution >= 4 is 28.8 Å². The summed E-state index contributed by atoms with van der Waals surface area (Å²) in [6, 6.07) is 8.78. The quantitative estimate of drug-likeness (QED) is 0.348. The third-order valence-corrected chi connectivity index (χ3v) is 3.64. The van der Waals surface area contributed by atoms with Crippen molar-refractivity contribution in [3.8, 4) is 0 Å². The lowest BCUT2D eigenvalue weighted by molar-refractivity contribution is 0.103. The highest BCUT2D eigenvalue weighted by atomic mass is 32.1. The van der Waals surface area contributed by atoms with Crippen LogP contribution in [-0.2, 0) is 0 Å². The maximum atomic E-state index is 12.1. The predicted molar refractivity (Wildman–Crippen MR) is 76.0 cm³/mol. The van der Waals surface area contributed by atoms with Gasteiger partial charge in [0.2, 0.25) is 0 Å². The molecular formula is C13H13N3O2S. The van der Waals surface area contributed by atoms with Gasteiger partial charge in [0.05, 0.1) is 10.6 Å². The Bertz CT molecular complexity index is 634. The molecule has 5 nitrogen and oxygen atoms in total. The van der Waals surface area contributed by atoms with Gasteiger partial charge in [0.15, 0.2) is 5.84 Å². The first kappa shape index (κ1) is 13.1. The van der Waals surface area contributed by atoms with Gasteiger partial charge in [-0.05, 0) is 36.1 Å². The first-order valence-electron chi connectivity index (χ1n) is 5.56. The lowest BCUT2D eigenvalue weighted by Crippen LogP contribution is -2.19. The highest BCUT2D eigenvalue weighted by molar-refractivity contribution is 7.12. The largest absolute Gasteiger partial charge is 0.409 e. The molecule has 0 saturated heterocycles. The first-order chi connectivity index (χ1) is 9.13. The van der Waals surface area contributed by atoms with E-state index in [1.165, 1.54) is 11.3 Å². The van der Waals surface area contributed by atoms with Gasteiger partial charge >= 0.3 is 0 Å². The van der Waals surface area contributed by atoms with Crippen LogP contribution in [0.2, 0.25) is 0 Å². The standard InChI is InChI=1S/C13H13N3O2S/c1-8-6-7-19-11(8)13(17)15-10-5-3-2-4-9(10)12(14)16-18/h2-7,18H,1H3,(H2,14,16)(H,15,17). The number of nitrogens with two attached hydrogens (primary N) is 1. The minimum Gasteiger partial charge on any atom is -0.409 e. The normalized spacial score (nSPS) is 11.3. The molecule has 1 amide bonds. The summed E-state index contributed by atoms with van der Waals surface area (Å²) in [6.07, 6.45) is 0. The molecule has 2 rings (SSSR count). The van der Waals surface area contributed by atoms with Crippen molar-refractivity contribution in [1.29, 1.82) is 0 Å². The second-order valence-corrected chi connectivity index (χ2v) is 4.83. The zero-order valence-electron chi connectivity index (χ0n) is 10.3. The fraction of sp³-hybridized carbons (Fsp3) is 0.0769. The van der Waals surface area contributed by atoms with Crippen LogP contribution in [0.3, 0.4) is 0 Å². The number of para-hydroxylation sites is 1. The van der Waals surface area contributed by atoms with E-state index in [0.29, 0.717) is 16.1 Å². The molecule has 0 atom stereocenters. The van der Waals surface area contributed by atoms with Crippen LogP contribution in [0.5, 0.6) is 0 Å². The number of benzene rings is 1. The number of thiophene rings is 1. The van der Waals surface area contributed by atoms with Gasteiger partial charge in [-0.15, -0.1) is 11.3 Å². The zero-order chi connectivity index (χ0) is 13.8. The van der Waals surface area contributed by atoms with Crippen molar-refractivity contribution in [2.24, 2.45) is 10.9 Å². The summed E-state index contributed by atoms with van der Waals surface area (Å²) in [6.45, 7) is 1.88. The van der Waals surface area contributed by atoms with Crippen LogP contribution in [0.1, 0.15) is 20.8 Å². The summed E-state index contributed by atoms with van der Waals surface area (Å²) in [7, 11) is 0. The average molecular weight is 275 g/mol. The summed E-state index contributed by atoms with van der Waals surface area (Å²) in [5.74, 6) is -0.246. The number of rotatable bonds is 3. The molecule has 1 aromatic carbocycles. The molecule has 0 spiro atoms. The van der Waals surface area contributed by atoms with Crippen molar-refractivity contribution in [1.82, 2.24) is 0 Å². The molecule has 0 fully saturated rings. The van der Waals surface area contributed by atoms with E-state index < -0.39 is 0 Å². The van der Waals surface area contributed by atoms with Crippen molar-refractivity contribution in [2.75, 3.05) is 5.32 Å². The monoisotopic (exact) mass is 275 g/mol. The smallest absolute Gasteiger partial charge is 0.266 e. The Hall–Kier alpha value is -2.34. The third kappa shape index (κ3) is 2.74. The fourth-order valence-electron chi connectivity index (χ4n) is 1.65. The van der Waals surface area contributed by atoms with Crippen molar-refractivity contribution in [3.63, 3.8) is 0 Å². The van der Waals surface area contributed by atoms with E-state index in [4.69, 9.17) is 10.9 Å². The highest BCUT2D eigenvalue weighted by Gasteiger charge is 2.13. The van der Waals surface area contributed by atoms with Gasteiger partial charge in [0.25, 0.3) is 5.91 Å². The fourth-order valence-corrected chi connectivity index (χ4v) is 2.47. The van der Waals surface area contributed by atoms with Gasteiger partial charge in [-0.25, -0.2) is 0 Å². The molecule has 0 radical (unpaired) electrons. The van der Waals surface area contributed by atoms with Gasteiger partial charge in [-0.2, -0.15) is 0 Å². The second-order valence-electron chi connectivity index (χ2n) is 3.92. The molecule has 0 saturated carbocycles. The van der Waals surface area contributed by atoms with Gasteiger partial charge in [-0.1, -0.05) is 17.3 Å². The molecule has 0 aliphatic rings. The Morgan fingerprint density at radius 3 is 2.74 bits per heavy atom. The molecule has 0 aliphatic heterocycles. The number of nitrogens with one attached hydrogen (secondary N) is 1. The molecule has 0 unspecified atom stereocenters. The number of hydrogen-bond acceptors (Lipinski definition) is 4. The second kappa shape index (κ2) is 5.53. The molecule has 1 aromatic heterocycles. The third-order valence-electron chi connectivity index (χ3n) is 2.63. The topological polar surface area (TPSA) is 87.7 Å². The minimum absolute atomic E-state index is 0.0428. The number of amides is 1. The van der Waals surface area contributed by atoms with Crippen LogP contribution < -0.4 is 11.1 Å². The number of anilines is 1. The Labute approximate surface area is 114 Å². The summed E-state index contributed by atoms with van der Waals surface area (Å²) < 4.78 is 0. The van der Waals surface area contributed by atoms with Crippen LogP contribution in [0.15, 0.2) is 40.9 Å². The van der Waals surface area contributed by atoms with Crippen molar-refractivity contribution < 1.29 is 10.0 Å². The molecule has 6 heteroatoms. The number of hydrogen-bond donors (Lipinski definition) is 3. The molecular weight excluding hydrogens is 262 g/mol. The molecule has 4 N–H and O–H groups in total. The van der Waals surface area contributed by atoms with E-state index in [0.717, 1.165) is 5.56 Å². The maximum Gasteiger partial charge on any atom is 0.266 e. The SMILES string of the molecule is Cc1ccsc1C(=O)Nc1ccccc1/C(N)=N/O. The molecule has 0 bridgehead atoms. The van der Waals surface area contributed by atoms with Crippen LogP contribution in [0, 0.1) is 6.92 Å². The highest BCUT2D eigenvalue weighted by Crippen LogP contribution is 2.20. The molecule has 0 aliphatic carbocycles. The summed E-state index contributed by atoms with van der Waals surface area (Å²) in [4.78, 5) is 12.8. The lowest BCUT2D eigenvalue weighted by Gasteiger charge is -2.09. The number of carbonyl (C=O) groups is 1. The Balaban J connectivity index is 2.30. The Kier molecular flexibility index (Phi) is 3.82.